The van der Waals surface area contributed by atoms with Crippen molar-refractivity contribution in [3.05, 3.63) is 59.2 Å². The molecule has 0 aromatic heterocycles. The van der Waals surface area contributed by atoms with Gasteiger partial charge in [-0.05, 0) is 40.7 Å². The number of hydrogen-bond acceptors (Lipinski definition) is 2. The van der Waals surface area contributed by atoms with Crippen LogP contribution in [0.3, 0.4) is 0 Å². The molecule has 21 heavy (non-hydrogen) atoms. The number of benzene rings is 2. The zero-order valence-electron chi connectivity index (χ0n) is 11.2. The van der Waals surface area contributed by atoms with Crippen LogP contribution in [-0.2, 0) is 22.4 Å². The molecule has 0 unspecified atom stereocenters. The Bertz CT molecular complexity index is 719. The van der Waals surface area contributed by atoms with Crippen molar-refractivity contribution < 1.29 is 19.8 Å². The van der Waals surface area contributed by atoms with Crippen LogP contribution in [0.25, 0.3) is 11.1 Å². The first kappa shape index (κ1) is 13.4. The lowest BCUT2D eigenvalue weighted by atomic mass is 9.93. The van der Waals surface area contributed by atoms with Crippen LogP contribution in [0, 0.1) is 5.92 Å². The van der Waals surface area contributed by atoms with Gasteiger partial charge in [-0.25, -0.2) is 0 Å². The molecule has 0 saturated heterocycles. The molecule has 3 rings (SSSR count). The molecule has 0 amide bonds. The van der Waals surface area contributed by atoms with Gasteiger partial charge in [-0.2, -0.15) is 0 Å². The minimum absolute atomic E-state index is 0.0157. The van der Waals surface area contributed by atoms with Crippen molar-refractivity contribution in [3.8, 4) is 11.1 Å². The van der Waals surface area contributed by atoms with Gasteiger partial charge in [0.15, 0.2) is 5.92 Å². The summed E-state index contributed by atoms with van der Waals surface area (Å²) in [5.41, 5.74) is 5.28. The summed E-state index contributed by atoms with van der Waals surface area (Å²) in [4.78, 5) is 22.2. The first-order valence-electron chi connectivity index (χ1n) is 6.72. The molecule has 0 radical (unpaired) electrons. The standard InChI is InChI=1S/C17H14O4/c18-16(19)15(17(20)21)9-11-5-3-7-13-12-6-2-1-4-10(12)8-14(11)13/h1-7,15H,8-9H2,(H,18,19)(H,20,21). The highest BCUT2D eigenvalue weighted by molar-refractivity contribution is 5.93. The molecule has 0 bridgehead atoms. The zero-order chi connectivity index (χ0) is 15.0. The number of carbonyl (C=O) groups is 2. The summed E-state index contributed by atoms with van der Waals surface area (Å²) in [7, 11) is 0. The second-order valence-corrected chi connectivity index (χ2v) is 5.21. The van der Waals surface area contributed by atoms with Crippen LogP contribution in [0.1, 0.15) is 16.7 Å². The average molecular weight is 282 g/mol. The number of fused-ring (bicyclic) bond motifs is 3. The number of aliphatic carboxylic acids is 2. The summed E-state index contributed by atoms with van der Waals surface area (Å²) >= 11 is 0. The lowest BCUT2D eigenvalue weighted by Gasteiger charge is -2.11. The molecule has 2 N–H and O–H groups in total. The van der Waals surface area contributed by atoms with Gasteiger partial charge < -0.3 is 10.2 Å². The van der Waals surface area contributed by atoms with Crippen molar-refractivity contribution in [2.24, 2.45) is 5.92 Å². The molecule has 1 aliphatic rings. The number of carboxylic acid groups (broad SMARTS) is 2. The van der Waals surface area contributed by atoms with Crippen LogP contribution in [0.2, 0.25) is 0 Å². The Kier molecular flexibility index (Phi) is 3.22. The Balaban J connectivity index is 2.01. The maximum atomic E-state index is 11.1. The van der Waals surface area contributed by atoms with Crippen molar-refractivity contribution in [1.82, 2.24) is 0 Å². The van der Waals surface area contributed by atoms with Gasteiger partial charge in [0.05, 0.1) is 0 Å². The molecule has 0 saturated carbocycles. The summed E-state index contributed by atoms with van der Waals surface area (Å²) in [5, 5.41) is 18.1. The molecular weight excluding hydrogens is 268 g/mol. The third-order valence-corrected chi connectivity index (χ3v) is 3.97. The lowest BCUT2D eigenvalue weighted by molar-refractivity contribution is -0.154. The van der Waals surface area contributed by atoms with Crippen LogP contribution < -0.4 is 0 Å². The molecule has 0 spiro atoms. The summed E-state index contributed by atoms with van der Waals surface area (Å²) in [6.07, 6.45) is 0.746. The Morgan fingerprint density at radius 1 is 0.952 bits per heavy atom. The molecule has 2 aromatic rings. The van der Waals surface area contributed by atoms with E-state index in [1.165, 1.54) is 5.56 Å². The topological polar surface area (TPSA) is 74.6 Å². The van der Waals surface area contributed by atoms with E-state index in [0.29, 0.717) is 0 Å². The van der Waals surface area contributed by atoms with Gasteiger partial charge in [0.2, 0.25) is 0 Å². The van der Waals surface area contributed by atoms with Crippen molar-refractivity contribution in [3.63, 3.8) is 0 Å². The maximum absolute atomic E-state index is 11.1. The van der Waals surface area contributed by atoms with E-state index in [0.717, 1.165) is 28.7 Å². The van der Waals surface area contributed by atoms with E-state index in [2.05, 4.69) is 0 Å². The van der Waals surface area contributed by atoms with Gasteiger partial charge in [0.1, 0.15) is 0 Å². The van der Waals surface area contributed by atoms with Gasteiger partial charge in [0.25, 0.3) is 0 Å². The summed E-state index contributed by atoms with van der Waals surface area (Å²) < 4.78 is 0. The van der Waals surface area contributed by atoms with Crippen LogP contribution in [-0.4, -0.2) is 22.2 Å². The number of hydrogen-bond donors (Lipinski definition) is 2. The monoisotopic (exact) mass is 282 g/mol. The number of carboxylic acids is 2. The largest absolute Gasteiger partial charge is 0.481 e. The minimum Gasteiger partial charge on any atom is -0.481 e. The molecule has 1 aliphatic carbocycles. The van der Waals surface area contributed by atoms with Gasteiger partial charge in [-0.1, -0.05) is 42.5 Å². The lowest BCUT2D eigenvalue weighted by Crippen LogP contribution is -2.25. The first-order chi connectivity index (χ1) is 10.1. The third kappa shape index (κ3) is 2.29. The summed E-state index contributed by atoms with van der Waals surface area (Å²) in [5.74, 6) is -3.99. The molecular formula is C17H14O4. The second-order valence-electron chi connectivity index (χ2n) is 5.21. The maximum Gasteiger partial charge on any atom is 0.318 e. The van der Waals surface area contributed by atoms with Crippen LogP contribution >= 0.6 is 0 Å². The van der Waals surface area contributed by atoms with E-state index in [1.807, 2.05) is 42.5 Å². The Hall–Kier alpha value is -2.62. The van der Waals surface area contributed by atoms with Crippen LogP contribution in [0.5, 0.6) is 0 Å². The molecule has 4 heteroatoms. The SMILES string of the molecule is O=C(O)C(Cc1cccc2c1Cc1ccccc1-2)C(=O)O. The molecule has 0 heterocycles. The Labute approximate surface area is 121 Å². The fourth-order valence-electron chi connectivity index (χ4n) is 2.91. The normalized spacial score (nSPS) is 12.0. The summed E-state index contributed by atoms with van der Waals surface area (Å²) in [6.45, 7) is 0. The van der Waals surface area contributed by atoms with E-state index in [9.17, 15) is 9.59 Å². The molecule has 2 aromatic carbocycles. The molecule has 0 fully saturated rings. The summed E-state index contributed by atoms with van der Waals surface area (Å²) in [6, 6.07) is 13.7. The highest BCUT2D eigenvalue weighted by Gasteiger charge is 2.29. The molecule has 0 atom stereocenters. The van der Waals surface area contributed by atoms with E-state index in [1.54, 1.807) is 0 Å². The van der Waals surface area contributed by atoms with E-state index in [4.69, 9.17) is 10.2 Å². The predicted molar refractivity (Wildman–Crippen MR) is 77.1 cm³/mol. The predicted octanol–water partition coefficient (Wildman–Crippen LogP) is 2.59. The van der Waals surface area contributed by atoms with Crippen molar-refractivity contribution in [1.29, 1.82) is 0 Å². The van der Waals surface area contributed by atoms with Crippen molar-refractivity contribution >= 4 is 11.9 Å². The minimum atomic E-state index is -1.40. The van der Waals surface area contributed by atoms with E-state index >= 15 is 0 Å². The van der Waals surface area contributed by atoms with Gasteiger partial charge in [-0.3, -0.25) is 9.59 Å². The van der Waals surface area contributed by atoms with E-state index in [-0.39, 0.29) is 6.42 Å². The second kappa shape index (κ2) is 5.05. The smallest absolute Gasteiger partial charge is 0.318 e. The number of rotatable bonds is 4. The van der Waals surface area contributed by atoms with E-state index < -0.39 is 17.9 Å². The highest BCUT2D eigenvalue weighted by Crippen LogP contribution is 2.38. The van der Waals surface area contributed by atoms with Crippen molar-refractivity contribution in [2.45, 2.75) is 12.8 Å². The van der Waals surface area contributed by atoms with Crippen LogP contribution in [0.15, 0.2) is 42.5 Å². The Morgan fingerprint density at radius 3 is 2.33 bits per heavy atom. The third-order valence-electron chi connectivity index (χ3n) is 3.97. The first-order valence-corrected chi connectivity index (χ1v) is 6.72. The molecule has 0 aliphatic heterocycles. The van der Waals surface area contributed by atoms with Crippen molar-refractivity contribution in [2.75, 3.05) is 0 Å². The fourth-order valence-corrected chi connectivity index (χ4v) is 2.91. The average Bonchev–Trinajstić information content (AvgIpc) is 2.83. The zero-order valence-corrected chi connectivity index (χ0v) is 11.2. The molecule has 106 valence electrons. The van der Waals surface area contributed by atoms with Crippen LogP contribution in [0.4, 0.5) is 0 Å². The van der Waals surface area contributed by atoms with Gasteiger partial charge in [-0.15, -0.1) is 0 Å². The fraction of sp³-hybridized carbons (Fsp3) is 0.176. The Morgan fingerprint density at radius 2 is 1.62 bits per heavy atom. The van der Waals surface area contributed by atoms with Gasteiger partial charge >= 0.3 is 11.9 Å². The highest BCUT2D eigenvalue weighted by atomic mass is 16.4. The quantitative estimate of drug-likeness (QED) is 0.721. The van der Waals surface area contributed by atoms with Gasteiger partial charge in [0, 0.05) is 0 Å². The molecule has 4 nitrogen and oxygen atoms in total.